The highest BCUT2D eigenvalue weighted by Gasteiger charge is 2.31. The third-order valence-electron chi connectivity index (χ3n) is 6.07. The molecular weight excluding hydrogens is 488 g/mol. The van der Waals surface area contributed by atoms with E-state index in [4.69, 9.17) is 4.74 Å². The second-order valence-electron chi connectivity index (χ2n) is 8.77. The maximum Gasteiger partial charge on any atom is 0.254 e. The van der Waals surface area contributed by atoms with E-state index >= 15 is 0 Å². The van der Waals surface area contributed by atoms with Crippen molar-refractivity contribution >= 4 is 15.7 Å². The van der Waals surface area contributed by atoms with E-state index in [-0.39, 0.29) is 36.9 Å². The first-order valence-corrected chi connectivity index (χ1v) is 13.3. The van der Waals surface area contributed by atoms with E-state index in [1.165, 1.54) is 6.07 Å². The molecule has 3 atom stereocenters. The zero-order chi connectivity index (χ0) is 25.7. The van der Waals surface area contributed by atoms with Gasteiger partial charge in [0, 0.05) is 23.7 Å². The van der Waals surface area contributed by atoms with E-state index in [9.17, 15) is 22.0 Å². The van der Waals surface area contributed by atoms with E-state index in [0.717, 1.165) is 5.56 Å². The third kappa shape index (κ3) is 6.30. The topological polar surface area (TPSA) is 98.2 Å². The van der Waals surface area contributed by atoms with Crippen LogP contribution in [0.5, 0.6) is 0 Å². The lowest BCUT2D eigenvalue weighted by molar-refractivity contribution is -0.128. The summed E-state index contributed by atoms with van der Waals surface area (Å²) in [7, 11) is -3.92. The van der Waals surface area contributed by atoms with E-state index in [0.29, 0.717) is 17.0 Å². The fourth-order valence-corrected chi connectivity index (χ4v) is 5.32. The summed E-state index contributed by atoms with van der Waals surface area (Å²) >= 11 is 0. The number of benzene rings is 2. The van der Waals surface area contributed by atoms with Crippen LogP contribution < -0.4 is 5.32 Å². The van der Waals surface area contributed by atoms with Crippen molar-refractivity contribution in [3.05, 3.63) is 89.0 Å². The number of sulfone groups is 1. The summed E-state index contributed by atoms with van der Waals surface area (Å²) in [5.74, 6) is -1.83. The van der Waals surface area contributed by atoms with Gasteiger partial charge in [0.15, 0.2) is 6.17 Å². The Labute approximate surface area is 208 Å². The molecule has 1 aromatic heterocycles. The van der Waals surface area contributed by atoms with Crippen molar-refractivity contribution in [2.45, 2.75) is 49.7 Å². The normalized spacial score (nSPS) is 19.0. The molecule has 4 rings (SSSR count). The molecule has 2 heterocycles. The molecule has 0 radical (unpaired) electrons. The first-order valence-electron chi connectivity index (χ1n) is 11.6. The SMILES string of the molecule is Cc1cc(C2CNC(=O)C(F)C2)nc(S(=O)(=O)CCC(OCc2ccccc2F)c2ccccc2)n1. The molecule has 3 unspecified atom stereocenters. The first-order chi connectivity index (χ1) is 17.2. The Morgan fingerprint density at radius 3 is 2.56 bits per heavy atom. The highest BCUT2D eigenvalue weighted by molar-refractivity contribution is 7.91. The van der Waals surface area contributed by atoms with Crippen molar-refractivity contribution < 1.29 is 26.7 Å². The molecular formula is C26H27F2N3O4S. The summed E-state index contributed by atoms with van der Waals surface area (Å²) in [5.41, 5.74) is 1.95. The predicted octanol–water partition coefficient (Wildman–Crippen LogP) is 3.99. The number of aryl methyl sites for hydroxylation is 1. The number of amides is 1. The fraction of sp³-hybridized carbons (Fsp3) is 0.346. The summed E-state index contributed by atoms with van der Waals surface area (Å²) in [4.78, 5) is 19.8. The van der Waals surface area contributed by atoms with E-state index in [1.807, 2.05) is 30.3 Å². The lowest BCUT2D eigenvalue weighted by Crippen LogP contribution is -2.42. The van der Waals surface area contributed by atoms with Gasteiger partial charge in [-0.1, -0.05) is 48.5 Å². The van der Waals surface area contributed by atoms with Gasteiger partial charge >= 0.3 is 0 Å². The number of nitrogens with zero attached hydrogens (tertiary/aromatic N) is 2. The molecule has 7 nitrogen and oxygen atoms in total. The minimum atomic E-state index is -3.92. The molecule has 2 aromatic carbocycles. The lowest BCUT2D eigenvalue weighted by atomic mass is 9.94. The molecule has 1 N–H and O–H groups in total. The van der Waals surface area contributed by atoms with Gasteiger partial charge in [-0.3, -0.25) is 4.79 Å². The third-order valence-corrected chi connectivity index (χ3v) is 7.58. The average molecular weight is 516 g/mol. The van der Waals surface area contributed by atoms with Crippen LogP contribution in [0.1, 0.15) is 47.4 Å². The van der Waals surface area contributed by atoms with Gasteiger partial charge in [-0.25, -0.2) is 27.2 Å². The number of halogens is 2. The Morgan fingerprint density at radius 1 is 1.11 bits per heavy atom. The molecule has 0 aliphatic carbocycles. The minimum absolute atomic E-state index is 0.0187. The summed E-state index contributed by atoms with van der Waals surface area (Å²) in [6.07, 6.45) is -2.25. The van der Waals surface area contributed by atoms with Crippen LogP contribution in [-0.2, 0) is 26.0 Å². The second-order valence-corrected chi connectivity index (χ2v) is 10.8. The number of aromatic nitrogens is 2. The van der Waals surface area contributed by atoms with Gasteiger partial charge in [0.2, 0.25) is 15.0 Å². The largest absolute Gasteiger partial charge is 0.369 e. The number of alkyl halides is 1. The average Bonchev–Trinajstić information content (AvgIpc) is 2.87. The van der Waals surface area contributed by atoms with E-state index in [2.05, 4.69) is 15.3 Å². The Kier molecular flexibility index (Phi) is 8.05. The monoisotopic (exact) mass is 515 g/mol. The van der Waals surface area contributed by atoms with Crippen molar-refractivity contribution in [2.24, 2.45) is 0 Å². The summed E-state index contributed by atoms with van der Waals surface area (Å²) in [6, 6.07) is 17.0. The molecule has 1 aliphatic heterocycles. The van der Waals surface area contributed by atoms with Crippen LogP contribution in [0.25, 0.3) is 0 Å². The van der Waals surface area contributed by atoms with Crippen LogP contribution in [0, 0.1) is 12.7 Å². The zero-order valence-electron chi connectivity index (χ0n) is 19.7. The standard InChI is InChI=1S/C26H27F2N3O4S/c1-17-13-23(20-14-22(28)25(32)29-15-20)31-26(30-17)36(33,34)12-11-24(18-7-3-2-4-8-18)35-16-19-9-5-6-10-21(19)27/h2-10,13,20,22,24H,11-12,14-16H2,1H3,(H,29,32). The fourth-order valence-electron chi connectivity index (χ4n) is 4.09. The van der Waals surface area contributed by atoms with Crippen LogP contribution >= 0.6 is 0 Å². The number of nitrogens with one attached hydrogen (secondary N) is 1. The molecule has 190 valence electrons. The van der Waals surface area contributed by atoms with Crippen molar-refractivity contribution in [1.29, 1.82) is 0 Å². The minimum Gasteiger partial charge on any atom is -0.369 e. The number of carbonyl (C=O) groups is 1. The summed E-state index contributed by atoms with van der Waals surface area (Å²) < 4.78 is 60.4. The van der Waals surface area contributed by atoms with E-state index in [1.54, 1.807) is 31.2 Å². The molecule has 3 aromatic rings. The Morgan fingerprint density at radius 2 is 1.83 bits per heavy atom. The van der Waals surface area contributed by atoms with Gasteiger partial charge in [-0.2, -0.15) is 0 Å². The van der Waals surface area contributed by atoms with Crippen LogP contribution in [-0.4, -0.2) is 42.8 Å². The van der Waals surface area contributed by atoms with Gasteiger partial charge in [0.05, 0.1) is 24.2 Å². The smallest absolute Gasteiger partial charge is 0.254 e. The molecule has 0 spiro atoms. The number of hydrogen-bond acceptors (Lipinski definition) is 6. The van der Waals surface area contributed by atoms with Crippen molar-refractivity contribution in [3.8, 4) is 0 Å². The van der Waals surface area contributed by atoms with Gasteiger partial charge in [0.25, 0.3) is 5.91 Å². The Balaban J connectivity index is 1.51. The van der Waals surface area contributed by atoms with Gasteiger partial charge < -0.3 is 10.1 Å². The lowest BCUT2D eigenvalue weighted by Gasteiger charge is -2.25. The number of hydrogen-bond donors (Lipinski definition) is 1. The highest BCUT2D eigenvalue weighted by atomic mass is 32.2. The Bertz CT molecular complexity index is 1320. The van der Waals surface area contributed by atoms with Crippen LogP contribution in [0.15, 0.2) is 65.8 Å². The zero-order valence-corrected chi connectivity index (χ0v) is 20.5. The van der Waals surface area contributed by atoms with E-state index < -0.39 is 39.8 Å². The first kappa shape index (κ1) is 25.8. The van der Waals surface area contributed by atoms with Gasteiger partial charge in [0.1, 0.15) is 5.82 Å². The Hall–Kier alpha value is -3.24. The summed E-state index contributed by atoms with van der Waals surface area (Å²) in [5, 5.41) is 2.14. The summed E-state index contributed by atoms with van der Waals surface area (Å²) in [6.45, 7) is 1.80. The highest BCUT2D eigenvalue weighted by Crippen LogP contribution is 2.27. The van der Waals surface area contributed by atoms with Crippen LogP contribution in [0.2, 0.25) is 0 Å². The quantitative estimate of drug-likeness (QED) is 0.433. The number of ether oxygens (including phenoxy) is 1. The molecule has 0 saturated carbocycles. The molecule has 1 saturated heterocycles. The number of piperidine rings is 1. The van der Waals surface area contributed by atoms with Crippen LogP contribution in [0.4, 0.5) is 8.78 Å². The predicted molar refractivity (Wildman–Crippen MR) is 129 cm³/mol. The number of rotatable bonds is 9. The van der Waals surface area contributed by atoms with Gasteiger partial charge in [-0.05, 0) is 37.5 Å². The molecule has 1 amide bonds. The van der Waals surface area contributed by atoms with Crippen molar-refractivity contribution in [1.82, 2.24) is 15.3 Å². The maximum atomic E-state index is 14.1. The molecule has 1 fully saturated rings. The molecule has 10 heteroatoms. The molecule has 0 bridgehead atoms. The van der Waals surface area contributed by atoms with Crippen molar-refractivity contribution in [2.75, 3.05) is 12.3 Å². The molecule has 1 aliphatic rings. The molecule has 36 heavy (non-hydrogen) atoms. The van der Waals surface area contributed by atoms with Crippen LogP contribution in [0.3, 0.4) is 0 Å². The second kappa shape index (κ2) is 11.2. The van der Waals surface area contributed by atoms with Crippen molar-refractivity contribution in [3.63, 3.8) is 0 Å². The van der Waals surface area contributed by atoms with Gasteiger partial charge in [-0.15, -0.1) is 0 Å². The maximum absolute atomic E-state index is 14.1. The number of carbonyl (C=O) groups excluding carboxylic acids is 1.